The van der Waals surface area contributed by atoms with E-state index in [0.717, 1.165) is 77.0 Å². The molecule has 0 aliphatic heterocycles. The van der Waals surface area contributed by atoms with E-state index in [1.165, 1.54) is 89.9 Å². The van der Waals surface area contributed by atoms with Crippen LogP contribution in [0.25, 0.3) is 0 Å². The smallest absolute Gasteiger partial charge is 0.306 e. The van der Waals surface area contributed by atoms with Crippen molar-refractivity contribution in [2.24, 2.45) is 0 Å². The maximum Gasteiger partial charge on any atom is 0.306 e. The molecule has 0 aromatic carbocycles. The van der Waals surface area contributed by atoms with Gasteiger partial charge in [-0.2, -0.15) is 0 Å². The summed E-state index contributed by atoms with van der Waals surface area (Å²) < 4.78 is 58.0. The van der Waals surface area contributed by atoms with E-state index in [2.05, 4.69) is 20.8 Å². The van der Waals surface area contributed by atoms with Crippen LogP contribution in [0.5, 0.6) is 0 Å². The van der Waals surface area contributed by atoms with Gasteiger partial charge in [0.15, 0.2) is 6.08 Å². The second-order valence-corrected chi connectivity index (χ2v) is 13.4. The Labute approximate surface area is 298 Å². The van der Waals surface area contributed by atoms with Gasteiger partial charge < -0.3 is 14.2 Å². The summed E-state index contributed by atoms with van der Waals surface area (Å²) in [5.41, 5.74) is 0. The lowest BCUT2D eigenvalue weighted by Crippen LogP contribution is -2.30. The normalized spacial score (nSPS) is 14.7. The highest BCUT2D eigenvalue weighted by molar-refractivity contribution is 5.71. The average molecular weight is 672 g/mol. The molecule has 0 rings (SSSR count). The van der Waals surface area contributed by atoms with E-state index in [-0.39, 0.29) is 19.3 Å². The van der Waals surface area contributed by atoms with Gasteiger partial charge in [-0.1, -0.05) is 188 Å². The SMILES string of the molecule is [2H]C([2H])(OC(=O)CCCCCCCCCCC)C([2H])(OC(=O)CCCCCCCCCCC)C([2H])([2H])OC(=O)CCCCCCCCCCCCC. The zero-order chi connectivity index (χ0) is 39.0. The zero-order valence-electron chi connectivity index (χ0n) is 36.1. The third-order valence-electron chi connectivity index (χ3n) is 8.68. The zero-order valence-corrected chi connectivity index (χ0v) is 31.1. The van der Waals surface area contributed by atoms with Gasteiger partial charge in [-0.15, -0.1) is 0 Å². The van der Waals surface area contributed by atoms with E-state index in [1.54, 1.807) is 0 Å². The number of ether oxygens (including phenoxy) is 3. The topological polar surface area (TPSA) is 78.9 Å². The quantitative estimate of drug-likeness (QED) is 0.0371. The molecule has 0 amide bonds. The predicted molar refractivity (Wildman–Crippen MR) is 197 cm³/mol. The van der Waals surface area contributed by atoms with Crippen LogP contribution in [-0.2, 0) is 28.6 Å². The molecular weight excluding hydrogens is 588 g/mol. The van der Waals surface area contributed by atoms with Gasteiger partial charge in [0.1, 0.15) is 13.1 Å². The summed E-state index contributed by atoms with van der Waals surface area (Å²) in [7, 11) is 0. The van der Waals surface area contributed by atoms with Crippen LogP contribution in [0.3, 0.4) is 0 Å². The molecule has 0 spiro atoms. The molecule has 0 aromatic rings. The molecule has 0 aliphatic rings. The minimum absolute atomic E-state index is 0.125. The minimum atomic E-state index is -3.47. The number of carbonyl (C=O) groups excluding carboxylic acids is 3. The van der Waals surface area contributed by atoms with Crippen molar-refractivity contribution in [2.45, 2.75) is 232 Å². The van der Waals surface area contributed by atoms with E-state index in [4.69, 9.17) is 21.1 Å². The third kappa shape index (κ3) is 35.5. The summed E-state index contributed by atoms with van der Waals surface area (Å²) in [6.45, 7) is -0.309. The van der Waals surface area contributed by atoms with Crippen molar-refractivity contribution in [3.05, 3.63) is 0 Å². The van der Waals surface area contributed by atoms with Gasteiger partial charge in [0.2, 0.25) is 0 Å². The van der Waals surface area contributed by atoms with Crippen LogP contribution in [-0.4, -0.2) is 37.1 Å². The third-order valence-corrected chi connectivity index (χ3v) is 8.68. The molecule has 1 unspecified atom stereocenters. The molecule has 0 bridgehead atoms. The Morgan fingerprint density at radius 1 is 0.404 bits per heavy atom. The largest absolute Gasteiger partial charge is 0.462 e. The standard InChI is InChI=1S/C41H78O6/c1-4-7-10-13-16-19-20-23-25-28-31-34-40(43)46-37-38(47-41(44)35-32-29-26-22-18-15-12-9-6-3)36-45-39(42)33-30-27-24-21-17-14-11-8-5-2/h38H,4-37H2,1-3H3/i36D2,37D2,38D. The van der Waals surface area contributed by atoms with E-state index >= 15 is 0 Å². The Bertz CT molecular complexity index is 903. The molecule has 0 aromatic heterocycles. The molecule has 0 heterocycles. The fraction of sp³-hybridized carbons (Fsp3) is 0.927. The van der Waals surface area contributed by atoms with Crippen molar-refractivity contribution in [1.29, 1.82) is 0 Å². The van der Waals surface area contributed by atoms with E-state index in [0.29, 0.717) is 19.3 Å². The van der Waals surface area contributed by atoms with Gasteiger partial charge >= 0.3 is 17.9 Å². The molecule has 0 N–H and O–H groups in total. The predicted octanol–water partition coefficient (Wildman–Crippen LogP) is 12.5. The van der Waals surface area contributed by atoms with Gasteiger partial charge in [-0.05, 0) is 19.3 Å². The molecule has 0 saturated carbocycles. The Balaban J connectivity index is 5.15. The molecule has 0 radical (unpaired) electrons. The second kappa shape index (κ2) is 37.2. The van der Waals surface area contributed by atoms with Crippen LogP contribution in [0.1, 0.15) is 233 Å². The number of unbranched alkanes of at least 4 members (excludes halogenated alkanes) is 26. The van der Waals surface area contributed by atoms with E-state index < -0.39 is 37.1 Å². The summed E-state index contributed by atoms with van der Waals surface area (Å²) in [6, 6.07) is 0. The highest BCUT2D eigenvalue weighted by Crippen LogP contribution is 2.15. The lowest BCUT2D eigenvalue weighted by molar-refractivity contribution is -0.167. The Hall–Kier alpha value is -1.59. The highest BCUT2D eigenvalue weighted by Gasteiger charge is 2.19. The molecular formula is C41H78O6. The Morgan fingerprint density at radius 3 is 0.915 bits per heavy atom. The summed E-state index contributed by atoms with van der Waals surface area (Å²) in [4.78, 5) is 38.4. The first-order chi connectivity index (χ1) is 24.9. The van der Waals surface area contributed by atoms with Crippen LogP contribution in [0, 0.1) is 0 Å². The molecule has 278 valence electrons. The monoisotopic (exact) mass is 672 g/mol. The lowest BCUT2D eigenvalue weighted by Gasteiger charge is -2.18. The molecule has 0 aliphatic carbocycles. The molecule has 6 heteroatoms. The first-order valence-corrected chi connectivity index (χ1v) is 20.0. The van der Waals surface area contributed by atoms with Gasteiger partial charge in [-0.3, -0.25) is 14.4 Å². The van der Waals surface area contributed by atoms with Crippen LogP contribution in [0.15, 0.2) is 0 Å². The second-order valence-electron chi connectivity index (χ2n) is 13.4. The molecule has 47 heavy (non-hydrogen) atoms. The Kier molecular flexibility index (Phi) is 29.1. The highest BCUT2D eigenvalue weighted by atomic mass is 16.6. The van der Waals surface area contributed by atoms with Gasteiger partial charge in [0.25, 0.3) is 0 Å². The number of hydrogen-bond donors (Lipinski definition) is 0. The molecule has 0 fully saturated rings. The maximum absolute atomic E-state index is 12.9. The molecule has 1 atom stereocenters. The summed E-state index contributed by atoms with van der Waals surface area (Å²) >= 11 is 0. The number of hydrogen-bond acceptors (Lipinski definition) is 6. The fourth-order valence-electron chi connectivity index (χ4n) is 5.63. The van der Waals surface area contributed by atoms with Crippen LogP contribution in [0.2, 0.25) is 0 Å². The average Bonchev–Trinajstić information content (AvgIpc) is 3.08. The van der Waals surface area contributed by atoms with Crippen LogP contribution >= 0.6 is 0 Å². The summed E-state index contributed by atoms with van der Waals surface area (Å²) in [6.07, 6.45) is 26.1. The Morgan fingerprint density at radius 2 is 0.638 bits per heavy atom. The maximum atomic E-state index is 12.9. The van der Waals surface area contributed by atoms with Crippen molar-refractivity contribution in [3.8, 4) is 0 Å². The van der Waals surface area contributed by atoms with E-state index in [9.17, 15) is 14.4 Å². The first-order valence-electron chi connectivity index (χ1n) is 22.5. The van der Waals surface area contributed by atoms with Crippen molar-refractivity contribution >= 4 is 17.9 Å². The van der Waals surface area contributed by atoms with Crippen LogP contribution < -0.4 is 0 Å². The molecule has 0 saturated heterocycles. The number of esters is 3. The summed E-state index contributed by atoms with van der Waals surface area (Å²) in [5.74, 6) is -2.95. The van der Waals surface area contributed by atoms with Crippen molar-refractivity contribution in [3.63, 3.8) is 0 Å². The van der Waals surface area contributed by atoms with Crippen LogP contribution in [0.4, 0.5) is 0 Å². The minimum Gasteiger partial charge on any atom is -0.462 e. The van der Waals surface area contributed by atoms with Crippen molar-refractivity contribution in [1.82, 2.24) is 0 Å². The van der Waals surface area contributed by atoms with E-state index in [1.807, 2.05) is 0 Å². The summed E-state index contributed by atoms with van der Waals surface area (Å²) in [5, 5.41) is 0. The lowest BCUT2D eigenvalue weighted by atomic mass is 10.1. The fourth-order valence-corrected chi connectivity index (χ4v) is 5.63. The van der Waals surface area contributed by atoms with Crippen molar-refractivity contribution in [2.75, 3.05) is 13.1 Å². The van der Waals surface area contributed by atoms with Crippen molar-refractivity contribution < 1.29 is 35.4 Å². The van der Waals surface area contributed by atoms with Gasteiger partial charge in [-0.25, -0.2) is 0 Å². The molecule has 6 nitrogen and oxygen atoms in total. The number of rotatable bonds is 37. The first kappa shape index (κ1) is 36.7. The van der Waals surface area contributed by atoms with Gasteiger partial charge in [0, 0.05) is 19.3 Å². The number of carbonyl (C=O) groups is 3. The van der Waals surface area contributed by atoms with Gasteiger partial charge in [0.05, 0.1) is 6.85 Å².